The zero-order valence-electron chi connectivity index (χ0n) is 13.5. The normalized spacial score (nSPS) is 22.1. The van der Waals surface area contributed by atoms with Gasteiger partial charge in [-0.2, -0.15) is 0 Å². The maximum Gasteiger partial charge on any atom is 0.317 e. The van der Waals surface area contributed by atoms with Crippen LogP contribution in [0.5, 0.6) is 0 Å². The number of carboxylic acid groups (broad SMARTS) is 1. The van der Waals surface area contributed by atoms with Gasteiger partial charge in [-0.25, -0.2) is 4.79 Å². The van der Waals surface area contributed by atoms with Crippen molar-refractivity contribution in [3.8, 4) is 0 Å². The third-order valence-electron chi connectivity index (χ3n) is 4.31. The maximum atomic E-state index is 12.1. The number of carbonyl (C=O) groups excluding carboxylic acids is 1. The smallest absolute Gasteiger partial charge is 0.317 e. The van der Waals surface area contributed by atoms with Crippen LogP contribution in [0.15, 0.2) is 0 Å². The molecule has 21 heavy (non-hydrogen) atoms. The minimum absolute atomic E-state index is 0.115. The summed E-state index contributed by atoms with van der Waals surface area (Å²) in [6.45, 7) is 5.58. The van der Waals surface area contributed by atoms with E-state index < -0.39 is 11.4 Å². The molecule has 0 spiro atoms. The predicted molar refractivity (Wildman–Crippen MR) is 83.3 cm³/mol. The summed E-state index contributed by atoms with van der Waals surface area (Å²) in [5.74, 6) is -0.809. The Hall–Kier alpha value is -1.26. The first kappa shape index (κ1) is 17.8. The number of carboxylic acids is 1. The molecule has 2 N–H and O–H groups in total. The van der Waals surface area contributed by atoms with E-state index in [1.54, 1.807) is 11.8 Å². The zero-order chi connectivity index (χ0) is 15.7. The van der Waals surface area contributed by atoms with Gasteiger partial charge in [0, 0.05) is 19.6 Å². The highest BCUT2D eigenvalue weighted by molar-refractivity contribution is 5.78. The standard InChI is InChI=1S/C16H30N2O3/c1-3-4-5-6-7-8-11-17-15(21)18-12-9-10-16(2,13-18)14(19)20/h3-13H2,1-2H3,(H,17,21)(H,19,20). The van der Waals surface area contributed by atoms with Crippen LogP contribution in [0.2, 0.25) is 0 Å². The number of carbonyl (C=O) groups is 2. The molecule has 1 rings (SSSR count). The summed E-state index contributed by atoms with van der Waals surface area (Å²) in [4.78, 5) is 25.0. The van der Waals surface area contributed by atoms with Crippen LogP contribution in [-0.2, 0) is 4.79 Å². The van der Waals surface area contributed by atoms with E-state index in [0.29, 0.717) is 26.1 Å². The summed E-state index contributed by atoms with van der Waals surface area (Å²) < 4.78 is 0. The highest BCUT2D eigenvalue weighted by Gasteiger charge is 2.39. The number of nitrogens with one attached hydrogen (secondary N) is 1. The number of likely N-dealkylation sites (tertiary alicyclic amines) is 1. The summed E-state index contributed by atoms with van der Waals surface area (Å²) in [5, 5.41) is 12.2. The van der Waals surface area contributed by atoms with Gasteiger partial charge in [0.25, 0.3) is 0 Å². The third kappa shape index (κ3) is 5.94. The Morgan fingerprint density at radius 3 is 2.52 bits per heavy atom. The number of rotatable bonds is 8. The molecule has 1 heterocycles. The molecule has 0 bridgehead atoms. The van der Waals surface area contributed by atoms with E-state index in [1.807, 2.05) is 0 Å². The molecule has 122 valence electrons. The maximum absolute atomic E-state index is 12.1. The van der Waals surface area contributed by atoms with Crippen molar-refractivity contribution in [2.45, 2.75) is 65.2 Å². The number of unbranched alkanes of at least 4 members (excludes halogenated alkanes) is 5. The van der Waals surface area contributed by atoms with E-state index in [-0.39, 0.29) is 6.03 Å². The van der Waals surface area contributed by atoms with Crippen molar-refractivity contribution in [1.82, 2.24) is 10.2 Å². The Kier molecular flexibility index (Phi) is 7.54. The average Bonchev–Trinajstić information content (AvgIpc) is 2.46. The SMILES string of the molecule is CCCCCCCCNC(=O)N1CCCC(C)(C(=O)O)C1. The molecule has 0 radical (unpaired) electrons. The van der Waals surface area contributed by atoms with Crippen molar-refractivity contribution in [3.05, 3.63) is 0 Å². The lowest BCUT2D eigenvalue weighted by atomic mass is 9.82. The minimum Gasteiger partial charge on any atom is -0.481 e. The molecule has 5 nitrogen and oxygen atoms in total. The molecule has 0 aromatic rings. The molecule has 1 saturated heterocycles. The topological polar surface area (TPSA) is 69.6 Å². The minimum atomic E-state index is -0.809. The fraction of sp³-hybridized carbons (Fsp3) is 0.875. The van der Waals surface area contributed by atoms with E-state index >= 15 is 0 Å². The summed E-state index contributed by atoms with van der Waals surface area (Å²) in [7, 11) is 0. The number of urea groups is 1. The van der Waals surface area contributed by atoms with Crippen molar-refractivity contribution >= 4 is 12.0 Å². The Bertz CT molecular complexity index is 346. The first-order chi connectivity index (χ1) is 9.99. The molecule has 0 saturated carbocycles. The van der Waals surface area contributed by atoms with Gasteiger partial charge in [-0.3, -0.25) is 4.79 Å². The van der Waals surface area contributed by atoms with Crippen LogP contribution in [0.4, 0.5) is 4.79 Å². The number of aliphatic carboxylic acids is 1. The first-order valence-electron chi connectivity index (χ1n) is 8.26. The van der Waals surface area contributed by atoms with Gasteiger partial charge in [0.1, 0.15) is 0 Å². The molecule has 0 aromatic carbocycles. The lowest BCUT2D eigenvalue weighted by Gasteiger charge is -2.37. The van der Waals surface area contributed by atoms with Crippen LogP contribution in [0.25, 0.3) is 0 Å². The molecule has 1 fully saturated rings. The average molecular weight is 298 g/mol. The monoisotopic (exact) mass is 298 g/mol. The van der Waals surface area contributed by atoms with Gasteiger partial charge < -0.3 is 15.3 Å². The molecule has 1 atom stereocenters. The van der Waals surface area contributed by atoms with Crippen molar-refractivity contribution < 1.29 is 14.7 Å². The number of hydrogen-bond acceptors (Lipinski definition) is 2. The van der Waals surface area contributed by atoms with Crippen molar-refractivity contribution in [2.75, 3.05) is 19.6 Å². The summed E-state index contributed by atoms with van der Waals surface area (Å²) in [5.41, 5.74) is -0.796. The van der Waals surface area contributed by atoms with Crippen molar-refractivity contribution in [2.24, 2.45) is 5.41 Å². The van der Waals surface area contributed by atoms with Crippen LogP contribution in [0, 0.1) is 5.41 Å². The molecule has 0 aromatic heterocycles. The van der Waals surface area contributed by atoms with Gasteiger partial charge in [-0.15, -0.1) is 0 Å². The van der Waals surface area contributed by atoms with Crippen molar-refractivity contribution in [1.29, 1.82) is 0 Å². The molecule has 1 unspecified atom stereocenters. The van der Waals surface area contributed by atoms with Crippen LogP contribution < -0.4 is 5.32 Å². The predicted octanol–water partition coefficient (Wildman–Crippen LogP) is 3.24. The zero-order valence-corrected chi connectivity index (χ0v) is 13.5. The molecular weight excluding hydrogens is 268 g/mol. The van der Waals surface area contributed by atoms with Crippen LogP contribution in [0.1, 0.15) is 65.2 Å². The van der Waals surface area contributed by atoms with E-state index in [0.717, 1.165) is 19.3 Å². The van der Waals surface area contributed by atoms with E-state index in [4.69, 9.17) is 0 Å². The summed E-state index contributed by atoms with van der Waals surface area (Å²) in [6, 6.07) is -0.115. The van der Waals surface area contributed by atoms with Gasteiger partial charge in [0.2, 0.25) is 0 Å². The fourth-order valence-electron chi connectivity index (χ4n) is 2.80. The Balaban J connectivity index is 2.21. The Labute approximate surface area is 128 Å². The molecule has 5 heteroatoms. The number of nitrogens with zero attached hydrogens (tertiary/aromatic N) is 1. The van der Waals surface area contributed by atoms with Gasteiger partial charge in [-0.1, -0.05) is 39.0 Å². The van der Waals surface area contributed by atoms with Gasteiger partial charge >= 0.3 is 12.0 Å². The van der Waals surface area contributed by atoms with E-state index in [2.05, 4.69) is 12.2 Å². The van der Waals surface area contributed by atoms with Gasteiger partial charge in [0.05, 0.1) is 5.41 Å². The molecule has 2 amide bonds. The third-order valence-corrected chi connectivity index (χ3v) is 4.31. The van der Waals surface area contributed by atoms with Gasteiger partial charge in [0.15, 0.2) is 0 Å². The summed E-state index contributed by atoms with van der Waals surface area (Å²) in [6.07, 6.45) is 8.57. The quantitative estimate of drug-likeness (QED) is 0.676. The Morgan fingerprint density at radius 2 is 1.86 bits per heavy atom. The molecule has 0 aliphatic carbocycles. The molecular formula is C16H30N2O3. The lowest BCUT2D eigenvalue weighted by Crippen LogP contribution is -2.51. The second-order valence-electron chi connectivity index (χ2n) is 6.39. The number of piperidine rings is 1. The van der Waals surface area contributed by atoms with Gasteiger partial charge in [-0.05, 0) is 26.2 Å². The van der Waals surface area contributed by atoms with E-state index in [9.17, 15) is 14.7 Å². The van der Waals surface area contributed by atoms with Crippen LogP contribution in [-0.4, -0.2) is 41.6 Å². The van der Waals surface area contributed by atoms with Crippen LogP contribution >= 0.6 is 0 Å². The van der Waals surface area contributed by atoms with Crippen molar-refractivity contribution in [3.63, 3.8) is 0 Å². The molecule has 1 aliphatic rings. The van der Waals surface area contributed by atoms with E-state index in [1.165, 1.54) is 25.7 Å². The summed E-state index contributed by atoms with van der Waals surface area (Å²) >= 11 is 0. The highest BCUT2D eigenvalue weighted by Crippen LogP contribution is 2.29. The van der Waals surface area contributed by atoms with Crippen LogP contribution in [0.3, 0.4) is 0 Å². The lowest BCUT2D eigenvalue weighted by molar-refractivity contribution is -0.150. The largest absolute Gasteiger partial charge is 0.481 e. The number of amides is 2. The second kappa shape index (κ2) is 8.90. The Morgan fingerprint density at radius 1 is 1.19 bits per heavy atom. The second-order valence-corrected chi connectivity index (χ2v) is 6.39. The highest BCUT2D eigenvalue weighted by atomic mass is 16.4. The first-order valence-corrected chi connectivity index (χ1v) is 8.26. The fourth-order valence-corrected chi connectivity index (χ4v) is 2.80. The molecule has 1 aliphatic heterocycles. The number of hydrogen-bond donors (Lipinski definition) is 2.